The summed E-state index contributed by atoms with van der Waals surface area (Å²) in [4.78, 5) is 24.7. The maximum atomic E-state index is 12.3. The third-order valence-corrected chi connectivity index (χ3v) is 6.60. The Hall–Kier alpha value is -1.40. The molecule has 0 amide bonds. The molecule has 21 heavy (non-hydrogen) atoms. The maximum absolute atomic E-state index is 12.3. The molecule has 3 saturated heterocycles. The van der Waals surface area contributed by atoms with E-state index in [1.165, 1.54) is 0 Å². The second-order valence-corrected chi connectivity index (χ2v) is 7.25. The van der Waals surface area contributed by atoms with Gasteiger partial charge in [-0.25, -0.2) is 4.79 Å². The van der Waals surface area contributed by atoms with Gasteiger partial charge in [-0.3, -0.25) is 4.79 Å². The van der Waals surface area contributed by atoms with Crippen LogP contribution in [0.5, 0.6) is 0 Å². The summed E-state index contributed by atoms with van der Waals surface area (Å²) in [6, 6.07) is 0. The number of hydrogen-bond donors (Lipinski definition) is 1. The number of esters is 2. The van der Waals surface area contributed by atoms with Crippen LogP contribution in [0.2, 0.25) is 0 Å². The van der Waals surface area contributed by atoms with Crippen LogP contribution in [-0.2, 0) is 23.8 Å². The molecule has 3 aliphatic heterocycles. The van der Waals surface area contributed by atoms with Crippen LogP contribution in [0.15, 0.2) is 12.2 Å². The zero-order chi connectivity index (χ0) is 14.9. The Kier molecular flexibility index (Phi) is 1.68. The summed E-state index contributed by atoms with van der Waals surface area (Å²) in [5.41, 5.74) is -2.60. The Balaban J connectivity index is 1.78. The van der Waals surface area contributed by atoms with Crippen LogP contribution < -0.4 is 0 Å². The van der Waals surface area contributed by atoms with Gasteiger partial charge in [0.05, 0.1) is 16.9 Å². The van der Waals surface area contributed by atoms with E-state index in [9.17, 15) is 14.7 Å². The Bertz CT molecular complexity index is 642. The second-order valence-electron chi connectivity index (χ2n) is 7.25. The minimum Gasteiger partial charge on any atom is -0.457 e. The molecular formula is C15H16O6. The standard InChI is InChI=1S/C15H16O6/c1-5(2)7-8-11(16)19-9(7)10-13(3)14(8,18)4-6-15(13,21-6)12(17)20-10/h6-10,18H,1,4H2,2-3H3/t6-,7+,8+,9+,10-,13+,14-,15+/m1/s1. The molecule has 2 bridgehead atoms. The van der Waals surface area contributed by atoms with Gasteiger partial charge in [0.1, 0.15) is 12.2 Å². The second kappa shape index (κ2) is 2.90. The Labute approximate surface area is 121 Å². The Morgan fingerprint density at radius 1 is 1.38 bits per heavy atom. The van der Waals surface area contributed by atoms with E-state index in [4.69, 9.17) is 14.2 Å². The molecule has 3 heterocycles. The summed E-state index contributed by atoms with van der Waals surface area (Å²) in [7, 11) is 0. The van der Waals surface area contributed by atoms with Crippen LogP contribution >= 0.6 is 0 Å². The van der Waals surface area contributed by atoms with Crippen molar-refractivity contribution in [3.8, 4) is 0 Å². The lowest BCUT2D eigenvalue weighted by Gasteiger charge is -2.51. The van der Waals surface area contributed by atoms with Gasteiger partial charge in [-0.05, 0) is 13.8 Å². The van der Waals surface area contributed by atoms with Crippen molar-refractivity contribution in [1.29, 1.82) is 0 Å². The fourth-order valence-corrected chi connectivity index (χ4v) is 5.59. The average Bonchev–Trinajstić information content (AvgIpc) is 2.86. The first-order valence-electron chi connectivity index (χ1n) is 7.26. The molecule has 0 radical (unpaired) electrons. The molecule has 5 fully saturated rings. The first kappa shape index (κ1) is 12.2. The van der Waals surface area contributed by atoms with Crippen molar-refractivity contribution in [2.24, 2.45) is 17.3 Å². The summed E-state index contributed by atoms with van der Waals surface area (Å²) >= 11 is 0. The lowest BCUT2D eigenvalue weighted by atomic mass is 9.53. The summed E-state index contributed by atoms with van der Waals surface area (Å²) in [6.07, 6.45) is -1.34. The molecule has 6 nitrogen and oxygen atoms in total. The lowest BCUT2D eigenvalue weighted by molar-refractivity contribution is -0.195. The van der Waals surface area contributed by atoms with Crippen molar-refractivity contribution < 1.29 is 28.9 Å². The molecule has 0 aromatic rings. The molecule has 1 spiro atoms. The van der Waals surface area contributed by atoms with Crippen molar-refractivity contribution in [2.75, 3.05) is 0 Å². The third-order valence-electron chi connectivity index (χ3n) is 6.60. The molecule has 5 rings (SSSR count). The summed E-state index contributed by atoms with van der Waals surface area (Å²) in [6.45, 7) is 7.55. The summed E-state index contributed by atoms with van der Waals surface area (Å²) < 4.78 is 16.6. The quantitative estimate of drug-likeness (QED) is 0.414. The fourth-order valence-electron chi connectivity index (χ4n) is 5.59. The van der Waals surface area contributed by atoms with E-state index in [0.717, 1.165) is 5.57 Å². The van der Waals surface area contributed by atoms with Crippen LogP contribution in [0.25, 0.3) is 0 Å². The van der Waals surface area contributed by atoms with Gasteiger partial charge in [0.15, 0.2) is 6.10 Å². The van der Waals surface area contributed by atoms with Gasteiger partial charge >= 0.3 is 11.9 Å². The molecule has 5 aliphatic rings. The largest absolute Gasteiger partial charge is 0.457 e. The van der Waals surface area contributed by atoms with Crippen molar-refractivity contribution >= 4 is 11.9 Å². The van der Waals surface area contributed by atoms with Gasteiger partial charge < -0.3 is 19.3 Å². The highest BCUT2D eigenvalue weighted by Crippen LogP contribution is 2.76. The number of fused-ring (bicyclic) bond motifs is 4. The summed E-state index contributed by atoms with van der Waals surface area (Å²) in [5, 5.41) is 11.4. The topological polar surface area (TPSA) is 85.4 Å². The van der Waals surface area contributed by atoms with Crippen LogP contribution in [0, 0.1) is 17.3 Å². The molecule has 112 valence electrons. The van der Waals surface area contributed by atoms with Gasteiger partial charge in [0.25, 0.3) is 0 Å². The van der Waals surface area contributed by atoms with E-state index in [-0.39, 0.29) is 18.4 Å². The van der Waals surface area contributed by atoms with E-state index < -0.39 is 46.7 Å². The van der Waals surface area contributed by atoms with E-state index in [1.807, 2.05) is 6.92 Å². The number of ether oxygens (including phenoxy) is 3. The first-order valence-corrected chi connectivity index (χ1v) is 7.26. The number of epoxide rings is 1. The monoisotopic (exact) mass is 292 g/mol. The number of carbonyl (C=O) groups is 2. The van der Waals surface area contributed by atoms with E-state index >= 15 is 0 Å². The van der Waals surface area contributed by atoms with Crippen molar-refractivity contribution in [3.63, 3.8) is 0 Å². The molecule has 8 atom stereocenters. The first-order chi connectivity index (χ1) is 9.79. The smallest absolute Gasteiger partial charge is 0.342 e. The van der Waals surface area contributed by atoms with Crippen LogP contribution in [0.1, 0.15) is 20.3 Å². The van der Waals surface area contributed by atoms with Crippen LogP contribution in [0.3, 0.4) is 0 Å². The average molecular weight is 292 g/mol. The molecular weight excluding hydrogens is 276 g/mol. The minimum atomic E-state index is -1.35. The highest BCUT2D eigenvalue weighted by molar-refractivity contribution is 5.91. The molecule has 2 saturated carbocycles. The zero-order valence-electron chi connectivity index (χ0n) is 11.8. The predicted octanol–water partition coefficient (Wildman–Crippen LogP) is -0.0620. The van der Waals surface area contributed by atoms with Crippen molar-refractivity contribution in [3.05, 3.63) is 12.2 Å². The molecule has 0 aromatic heterocycles. The van der Waals surface area contributed by atoms with Crippen molar-refractivity contribution in [1.82, 2.24) is 0 Å². The maximum Gasteiger partial charge on any atom is 0.342 e. The number of carbonyl (C=O) groups excluding carboxylic acids is 2. The van der Waals surface area contributed by atoms with E-state index in [0.29, 0.717) is 0 Å². The van der Waals surface area contributed by atoms with Gasteiger partial charge in [-0.15, -0.1) is 0 Å². The molecule has 0 unspecified atom stereocenters. The Morgan fingerprint density at radius 3 is 2.76 bits per heavy atom. The number of hydrogen-bond acceptors (Lipinski definition) is 6. The molecule has 2 aliphatic carbocycles. The number of aliphatic hydroxyl groups is 1. The van der Waals surface area contributed by atoms with Gasteiger partial charge in [-0.1, -0.05) is 12.2 Å². The number of rotatable bonds is 1. The zero-order valence-corrected chi connectivity index (χ0v) is 11.8. The fraction of sp³-hybridized carbons (Fsp3) is 0.733. The minimum absolute atomic E-state index is 0.269. The summed E-state index contributed by atoms with van der Waals surface area (Å²) in [5.74, 6) is -1.86. The lowest BCUT2D eigenvalue weighted by Crippen LogP contribution is -2.66. The van der Waals surface area contributed by atoms with E-state index in [2.05, 4.69) is 6.58 Å². The van der Waals surface area contributed by atoms with Gasteiger partial charge in [-0.2, -0.15) is 0 Å². The SMILES string of the molecule is C=C(C)[C@@H]1[C@@H]2OC(=O)[C@H]1[C@]1(O)C[C@H]3O[C@]34C(=O)O[C@H]2[C@@]14C. The Morgan fingerprint density at radius 2 is 2.10 bits per heavy atom. The highest BCUT2D eigenvalue weighted by atomic mass is 16.7. The van der Waals surface area contributed by atoms with E-state index in [1.54, 1.807) is 6.92 Å². The highest BCUT2D eigenvalue weighted by Gasteiger charge is 2.95. The van der Waals surface area contributed by atoms with Gasteiger partial charge in [0.2, 0.25) is 5.60 Å². The normalized spacial score (nSPS) is 62.0. The van der Waals surface area contributed by atoms with Gasteiger partial charge in [0, 0.05) is 12.3 Å². The molecule has 6 heteroatoms. The predicted molar refractivity (Wildman–Crippen MR) is 66.8 cm³/mol. The third kappa shape index (κ3) is 0.874. The van der Waals surface area contributed by atoms with Crippen LogP contribution in [-0.4, -0.2) is 46.6 Å². The van der Waals surface area contributed by atoms with Crippen molar-refractivity contribution in [2.45, 2.75) is 49.8 Å². The molecule has 1 N–H and O–H groups in total. The molecule has 0 aromatic carbocycles. The van der Waals surface area contributed by atoms with Crippen LogP contribution in [0.4, 0.5) is 0 Å².